The molecule has 0 spiro atoms. The zero-order chi connectivity index (χ0) is 14.6. The van der Waals surface area contributed by atoms with Gasteiger partial charge in [-0.2, -0.15) is 0 Å². The van der Waals surface area contributed by atoms with Crippen molar-refractivity contribution in [3.05, 3.63) is 0 Å². The van der Waals surface area contributed by atoms with E-state index in [1.54, 1.807) is 14.0 Å². The Labute approximate surface area is 114 Å². The van der Waals surface area contributed by atoms with Crippen LogP contribution in [0.4, 0.5) is 0 Å². The van der Waals surface area contributed by atoms with E-state index >= 15 is 0 Å². The van der Waals surface area contributed by atoms with Gasteiger partial charge in [-0.05, 0) is 25.3 Å². The second-order valence-corrected chi connectivity index (χ2v) is 5.70. The van der Waals surface area contributed by atoms with Gasteiger partial charge >= 0.3 is 0 Å². The zero-order valence-corrected chi connectivity index (χ0v) is 12.2. The number of hydrogen-bond acceptors (Lipinski definition) is 4. The van der Waals surface area contributed by atoms with Gasteiger partial charge in [0.15, 0.2) is 0 Å². The molecular formula is C13H24N4O2. The number of hydrogen-bond donors (Lipinski definition) is 3. The first kappa shape index (κ1) is 15.6. The predicted molar refractivity (Wildman–Crippen MR) is 73.7 cm³/mol. The van der Waals surface area contributed by atoms with Crippen LogP contribution in [0.1, 0.15) is 40.0 Å². The molecule has 0 aromatic carbocycles. The van der Waals surface area contributed by atoms with E-state index in [4.69, 9.17) is 5.41 Å². The summed E-state index contributed by atoms with van der Waals surface area (Å²) in [5, 5.41) is 13.3. The maximum absolute atomic E-state index is 12.3. The minimum atomic E-state index is -0.309. The Morgan fingerprint density at radius 2 is 2.16 bits per heavy atom. The van der Waals surface area contributed by atoms with Gasteiger partial charge in [-0.3, -0.25) is 25.2 Å². The number of carbonyl (C=O) groups excluding carboxylic acids is 2. The molecule has 6 heteroatoms. The molecule has 6 nitrogen and oxygen atoms in total. The van der Waals surface area contributed by atoms with Gasteiger partial charge < -0.3 is 5.32 Å². The van der Waals surface area contributed by atoms with Crippen LogP contribution in [-0.4, -0.2) is 42.3 Å². The number of guanidine groups is 1. The minimum absolute atomic E-state index is 0.0349. The van der Waals surface area contributed by atoms with Gasteiger partial charge in [0, 0.05) is 13.0 Å². The number of likely N-dealkylation sites (N-methyl/N-ethyl adjacent to an activating group) is 1. The van der Waals surface area contributed by atoms with Crippen LogP contribution in [0.3, 0.4) is 0 Å². The summed E-state index contributed by atoms with van der Waals surface area (Å²) < 4.78 is 0. The smallest absolute Gasteiger partial charge is 0.246 e. The molecule has 1 aliphatic heterocycles. The molecule has 0 aromatic heterocycles. The Morgan fingerprint density at radius 3 is 2.68 bits per heavy atom. The maximum atomic E-state index is 12.3. The van der Waals surface area contributed by atoms with Gasteiger partial charge in [-0.1, -0.05) is 20.8 Å². The van der Waals surface area contributed by atoms with E-state index < -0.39 is 0 Å². The van der Waals surface area contributed by atoms with Crippen molar-refractivity contribution in [2.24, 2.45) is 5.41 Å². The highest BCUT2D eigenvalue weighted by Gasteiger charge is 2.36. The largest absolute Gasteiger partial charge is 0.309 e. The van der Waals surface area contributed by atoms with E-state index in [1.165, 1.54) is 4.90 Å². The molecule has 1 aliphatic rings. The fourth-order valence-electron chi connectivity index (χ4n) is 2.19. The molecule has 0 aromatic rings. The Bertz CT molecular complexity index is 379. The molecule has 0 radical (unpaired) electrons. The van der Waals surface area contributed by atoms with Gasteiger partial charge in [0.2, 0.25) is 17.8 Å². The van der Waals surface area contributed by atoms with E-state index in [2.05, 4.69) is 24.5 Å². The van der Waals surface area contributed by atoms with Crippen molar-refractivity contribution in [2.75, 3.05) is 13.6 Å². The summed E-state index contributed by atoms with van der Waals surface area (Å²) in [5.41, 5.74) is 0.0349. The van der Waals surface area contributed by atoms with Crippen LogP contribution in [0.2, 0.25) is 0 Å². The summed E-state index contributed by atoms with van der Waals surface area (Å²) >= 11 is 0. The Hall–Kier alpha value is -1.43. The molecule has 0 aliphatic carbocycles. The number of rotatable bonds is 2. The van der Waals surface area contributed by atoms with Crippen molar-refractivity contribution >= 4 is 17.8 Å². The monoisotopic (exact) mass is 268 g/mol. The van der Waals surface area contributed by atoms with Crippen LogP contribution in [0.25, 0.3) is 0 Å². The first-order valence-corrected chi connectivity index (χ1v) is 6.68. The average molecular weight is 268 g/mol. The van der Waals surface area contributed by atoms with Crippen molar-refractivity contribution in [1.82, 2.24) is 15.5 Å². The fraction of sp³-hybridized carbons (Fsp3) is 0.769. The van der Waals surface area contributed by atoms with Gasteiger partial charge in [-0.25, -0.2) is 0 Å². The molecule has 2 amide bonds. The van der Waals surface area contributed by atoms with Crippen molar-refractivity contribution in [3.8, 4) is 0 Å². The van der Waals surface area contributed by atoms with E-state index in [1.807, 2.05) is 0 Å². The first-order chi connectivity index (χ1) is 8.80. The lowest BCUT2D eigenvalue weighted by Gasteiger charge is -2.24. The van der Waals surface area contributed by atoms with Crippen molar-refractivity contribution < 1.29 is 9.59 Å². The summed E-state index contributed by atoms with van der Waals surface area (Å²) in [5.74, 6) is -0.508. The van der Waals surface area contributed by atoms with Crippen LogP contribution in [-0.2, 0) is 9.59 Å². The molecular weight excluding hydrogens is 244 g/mol. The zero-order valence-electron chi connectivity index (χ0n) is 12.2. The Balaban J connectivity index is 2.85. The third-order valence-electron chi connectivity index (χ3n) is 3.53. The van der Waals surface area contributed by atoms with E-state index in [9.17, 15) is 9.59 Å². The maximum Gasteiger partial charge on any atom is 0.246 e. The summed E-state index contributed by atoms with van der Waals surface area (Å²) in [6.07, 6.45) is 1.83. The molecule has 108 valence electrons. The highest BCUT2D eigenvalue weighted by Crippen LogP contribution is 2.30. The Kier molecular flexibility index (Phi) is 5.05. The predicted octanol–water partition coefficient (Wildman–Crippen LogP) is 0.684. The lowest BCUT2D eigenvalue weighted by Crippen LogP contribution is -2.51. The van der Waals surface area contributed by atoms with E-state index in [0.717, 1.165) is 12.8 Å². The Morgan fingerprint density at radius 1 is 1.53 bits per heavy atom. The van der Waals surface area contributed by atoms with Gasteiger partial charge in [-0.15, -0.1) is 0 Å². The summed E-state index contributed by atoms with van der Waals surface area (Å²) in [7, 11) is 1.75. The third-order valence-corrected chi connectivity index (χ3v) is 3.53. The van der Waals surface area contributed by atoms with Crippen molar-refractivity contribution in [3.63, 3.8) is 0 Å². The number of carbonyl (C=O) groups is 2. The highest BCUT2D eigenvalue weighted by molar-refractivity contribution is 6.04. The first-order valence-electron chi connectivity index (χ1n) is 6.68. The molecule has 19 heavy (non-hydrogen) atoms. The fourth-order valence-corrected chi connectivity index (χ4v) is 2.19. The molecule has 3 N–H and O–H groups in total. The quantitative estimate of drug-likeness (QED) is 0.508. The van der Waals surface area contributed by atoms with Crippen molar-refractivity contribution in [2.45, 2.75) is 46.1 Å². The standard InChI is InChI=1S/C13H24N4O2/c1-5-10(18)16-12(14)17-7-6-13(2,3)8-9(15-4)11(17)19/h9,15H,5-8H2,1-4H3,(H2,14,16,18). The number of amides is 2. The topological polar surface area (TPSA) is 85.3 Å². The minimum Gasteiger partial charge on any atom is -0.309 e. The normalized spacial score (nSPS) is 22.8. The molecule has 1 fully saturated rings. The highest BCUT2D eigenvalue weighted by atomic mass is 16.2. The summed E-state index contributed by atoms with van der Waals surface area (Å²) in [6, 6.07) is -0.309. The molecule has 1 saturated heterocycles. The summed E-state index contributed by atoms with van der Waals surface area (Å²) in [6.45, 7) is 6.41. The lowest BCUT2D eigenvalue weighted by molar-refractivity contribution is -0.129. The second kappa shape index (κ2) is 6.14. The third kappa shape index (κ3) is 4.02. The van der Waals surface area contributed by atoms with Crippen LogP contribution in [0.15, 0.2) is 0 Å². The van der Waals surface area contributed by atoms with Crippen LogP contribution >= 0.6 is 0 Å². The number of nitrogens with zero attached hydrogens (tertiary/aromatic N) is 1. The average Bonchev–Trinajstić information content (AvgIpc) is 2.46. The number of nitrogens with one attached hydrogen (secondary N) is 3. The van der Waals surface area contributed by atoms with Gasteiger partial charge in [0.1, 0.15) is 0 Å². The van der Waals surface area contributed by atoms with Crippen LogP contribution < -0.4 is 10.6 Å². The molecule has 0 saturated carbocycles. The molecule has 1 atom stereocenters. The second-order valence-electron chi connectivity index (χ2n) is 5.70. The van der Waals surface area contributed by atoms with E-state index in [-0.39, 0.29) is 29.2 Å². The van der Waals surface area contributed by atoms with Gasteiger partial charge in [0.05, 0.1) is 6.04 Å². The molecule has 1 unspecified atom stereocenters. The lowest BCUT2D eigenvalue weighted by atomic mass is 9.83. The van der Waals surface area contributed by atoms with Crippen molar-refractivity contribution in [1.29, 1.82) is 5.41 Å². The molecule has 1 heterocycles. The van der Waals surface area contributed by atoms with Crippen LogP contribution in [0.5, 0.6) is 0 Å². The molecule has 1 rings (SSSR count). The van der Waals surface area contributed by atoms with Gasteiger partial charge in [0.25, 0.3) is 0 Å². The number of likely N-dealkylation sites (tertiary alicyclic amines) is 1. The summed E-state index contributed by atoms with van der Waals surface area (Å²) in [4.78, 5) is 25.0. The van der Waals surface area contributed by atoms with Crippen LogP contribution in [0, 0.1) is 10.8 Å². The van der Waals surface area contributed by atoms with E-state index in [0.29, 0.717) is 13.0 Å². The molecule has 0 bridgehead atoms. The SMILES string of the molecule is CCC(=O)NC(=N)N1CCC(C)(C)CC(NC)C1=O.